The molecule has 3 aromatic rings. The third-order valence-corrected chi connectivity index (χ3v) is 5.37. The van der Waals surface area contributed by atoms with Crippen molar-refractivity contribution in [3.63, 3.8) is 0 Å². The smallest absolute Gasteiger partial charge is 0.0676 e. The molecular formula is C21H26ClN5. The minimum Gasteiger partial charge on any atom is -0.330 e. The Bertz CT molecular complexity index is 850. The van der Waals surface area contributed by atoms with E-state index in [9.17, 15) is 0 Å². The Morgan fingerprint density at radius 2 is 1.81 bits per heavy atom. The van der Waals surface area contributed by atoms with Gasteiger partial charge in [-0.1, -0.05) is 30.3 Å². The van der Waals surface area contributed by atoms with Gasteiger partial charge in [-0.15, -0.1) is 12.4 Å². The van der Waals surface area contributed by atoms with Crippen LogP contribution in [0.1, 0.15) is 22.7 Å². The lowest BCUT2D eigenvalue weighted by Gasteiger charge is -2.16. The fourth-order valence-electron chi connectivity index (χ4n) is 3.93. The molecule has 0 spiro atoms. The monoisotopic (exact) mass is 383 g/mol. The Labute approximate surface area is 166 Å². The van der Waals surface area contributed by atoms with Gasteiger partial charge in [0.05, 0.1) is 11.4 Å². The number of aromatic nitrogens is 3. The van der Waals surface area contributed by atoms with E-state index in [4.69, 9.17) is 5.73 Å². The second-order valence-electron chi connectivity index (χ2n) is 7.10. The molecule has 1 fully saturated rings. The van der Waals surface area contributed by atoms with E-state index in [2.05, 4.69) is 58.4 Å². The topological polar surface area (TPSA) is 60.0 Å². The van der Waals surface area contributed by atoms with Crippen molar-refractivity contribution in [1.29, 1.82) is 0 Å². The van der Waals surface area contributed by atoms with Crippen molar-refractivity contribution in [2.45, 2.75) is 19.4 Å². The van der Waals surface area contributed by atoms with Gasteiger partial charge >= 0.3 is 0 Å². The average molecular weight is 384 g/mol. The molecule has 0 radical (unpaired) electrons. The van der Waals surface area contributed by atoms with Gasteiger partial charge in [-0.05, 0) is 37.1 Å². The molecule has 2 aromatic heterocycles. The summed E-state index contributed by atoms with van der Waals surface area (Å²) < 4.78 is 1.94. The number of aryl methyl sites for hydroxylation is 1. The number of hydrogen-bond donors (Lipinski definition) is 1. The molecule has 2 N–H and O–H groups in total. The van der Waals surface area contributed by atoms with Gasteiger partial charge in [-0.2, -0.15) is 5.10 Å². The van der Waals surface area contributed by atoms with E-state index in [1.807, 2.05) is 16.8 Å². The first-order chi connectivity index (χ1) is 12.7. The number of likely N-dealkylation sites (tertiary alicyclic amines) is 1. The van der Waals surface area contributed by atoms with E-state index in [1.165, 1.54) is 11.1 Å². The summed E-state index contributed by atoms with van der Waals surface area (Å²) >= 11 is 0. The van der Waals surface area contributed by atoms with E-state index < -0.39 is 0 Å². The predicted octanol–water partition coefficient (Wildman–Crippen LogP) is 3.17. The molecular weight excluding hydrogens is 358 g/mol. The molecule has 0 bridgehead atoms. The summed E-state index contributed by atoms with van der Waals surface area (Å²) in [6, 6.07) is 14.7. The number of rotatable bonds is 5. The fourth-order valence-corrected chi connectivity index (χ4v) is 3.93. The highest BCUT2D eigenvalue weighted by Crippen LogP contribution is 2.33. The second-order valence-corrected chi connectivity index (χ2v) is 7.10. The van der Waals surface area contributed by atoms with Crippen LogP contribution in [0.15, 0.2) is 61.1 Å². The third kappa shape index (κ3) is 4.21. The van der Waals surface area contributed by atoms with Crippen molar-refractivity contribution < 1.29 is 0 Å². The molecule has 4 rings (SSSR count). The standard InChI is InChI=1S/C21H25N5.ClH/c1-16-19(14-26(24-16)20-7-9-23-10-8-20)13-25-12-18(11-22)21(15-25)17-5-3-2-4-6-17;/h2-10,14,18,21H,11-13,15,22H2,1H3;1H/t18-,21+;/m1./s1. The highest BCUT2D eigenvalue weighted by molar-refractivity contribution is 5.85. The van der Waals surface area contributed by atoms with Gasteiger partial charge in [0.2, 0.25) is 0 Å². The summed E-state index contributed by atoms with van der Waals surface area (Å²) in [6.45, 7) is 5.81. The Morgan fingerprint density at radius 3 is 2.52 bits per heavy atom. The van der Waals surface area contributed by atoms with Crippen LogP contribution < -0.4 is 5.73 Å². The van der Waals surface area contributed by atoms with Crippen molar-refractivity contribution in [3.05, 3.63) is 77.9 Å². The van der Waals surface area contributed by atoms with E-state index in [0.29, 0.717) is 11.8 Å². The van der Waals surface area contributed by atoms with E-state index in [1.54, 1.807) is 12.4 Å². The van der Waals surface area contributed by atoms with Gasteiger partial charge < -0.3 is 5.73 Å². The summed E-state index contributed by atoms with van der Waals surface area (Å²) in [7, 11) is 0. The Morgan fingerprint density at radius 1 is 1.07 bits per heavy atom. The number of benzene rings is 1. The van der Waals surface area contributed by atoms with Crippen molar-refractivity contribution >= 4 is 12.4 Å². The molecule has 27 heavy (non-hydrogen) atoms. The van der Waals surface area contributed by atoms with Gasteiger partial charge in [0.15, 0.2) is 0 Å². The Kier molecular flexibility index (Phi) is 6.26. The lowest BCUT2D eigenvalue weighted by Crippen LogP contribution is -2.23. The van der Waals surface area contributed by atoms with E-state index >= 15 is 0 Å². The normalized spacial score (nSPS) is 19.8. The van der Waals surface area contributed by atoms with Crippen molar-refractivity contribution in [1.82, 2.24) is 19.7 Å². The molecule has 2 atom stereocenters. The summed E-state index contributed by atoms with van der Waals surface area (Å²) in [4.78, 5) is 6.59. The van der Waals surface area contributed by atoms with Crippen LogP contribution in [0.5, 0.6) is 0 Å². The number of halogens is 1. The summed E-state index contributed by atoms with van der Waals surface area (Å²) in [5.74, 6) is 1.02. The molecule has 3 heterocycles. The number of nitrogens with two attached hydrogens (primary N) is 1. The first-order valence-corrected chi connectivity index (χ1v) is 9.17. The zero-order valence-corrected chi connectivity index (χ0v) is 16.3. The Balaban J connectivity index is 0.00000210. The number of pyridine rings is 1. The zero-order chi connectivity index (χ0) is 17.9. The quantitative estimate of drug-likeness (QED) is 0.735. The zero-order valence-electron chi connectivity index (χ0n) is 15.5. The van der Waals surface area contributed by atoms with Gasteiger partial charge in [-0.3, -0.25) is 9.88 Å². The Hall–Kier alpha value is -2.21. The highest BCUT2D eigenvalue weighted by Gasteiger charge is 2.33. The van der Waals surface area contributed by atoms with Crippen LogP contribution in [0.4, 0.5) is 0 Å². The molecule has 1 saturated heterocycles. The molecule has 0 aliphatic carbocycles. The van der Waals surface area contributed by atoms with Crippen molar-refractivity contribution in [2.75, 3.05) is 19.6 Å². The van der Waals surface area contributed by atoms with Crippen LogP contribution in [-0.4, -0.2) is 39.3 Å². The maximum absolute atomic E-state index is 6.08. The van der Waals surface area contributed by atoms with Crippen LogP contribution in [0.3, 0.4) is 0 Å². The molecule has 1 aliphatic heterocycles. The van der Waals surface area contributed by atoms with Crippen LogP contribution >= 0.6 is 12.4 Å². The number of nitrogens with zero attached hydrogens (tertiary/aromatic N) is 4. The average Bonchev–Trinajstić information content (AvgIpc) is 3.27. The molecule has 142 valence electrons. The largest absolute Gasteiger partial charge is 0.330 e. The molecule has 1 aromatic carbocycles. The van der Waals surface area contributed by atoms with E-state index in [-0.39, 0.29) is 12.4 Å². The minimum atomic E-state index is 0. The molecule has 0 unspecified atom stereocenters. The van der Waals surface area contributed by atoms with Crippen LogP contribution in [0.25, 0.3) is 5.69 Å². The number of hydrogen-bond acceptors (Lipinski definition) is 4. The molecule has 6 heteroatoms. The summed E-state index contributed by atoms with van der Waals surface area (Å²) in [5.41, 5.74) is 10.9. The van der Waals surface area contributed by atoms with Crippen molar-refractivity contribution in [2.24, 2.45) is 11.7 Å². The lowest BCUT2D eigenvalue weighted by molar-refractivity contribution is 0.316. The first-order valence-electron chi connectivity index (χ1n) is 9.17. The minimum absolute atomic E-state index is 0. The molecule has 5 nitrogen and oxygen atoms in total. The van der Waals surface area contributed by atoms with Gasteiger partial charge in [0.25, 0.3) is 0 Å². The van der Waals surface area contributed by atoms with Gasteiger partial charge in [0, 0.05) is 49.7 Å². The SMILES string of the molecule is Cc1nn(-c2ccncc2)cc1CN1C[C@@H](CN)[C@H](c2ccccc2)C1.Cl. The van der Waals surface area contributed by atoms with Gasteiger partial charge in [-0.25, -0.2) is 4.68 Å². The lowest BCUT2D eigenvalue weighted by atomic mass is 9.89. The first kappa shape index (κ1) is 19.5. The van der Waals surface area contributed by atoms with E-state index in [0.717, 1.165) is 37.6 Å². The molecule has 0 saturated carbocycles. The fraction of sp³-hybridized carbons (Fsp3) is 0.333. The maximum atomic E-state index is 6.08. The van der Waals surface area contributed by atoms with Crippen molar-refractivity contribution in [3.8, 4) is 5.69 Å². The third-order valence-electron chi connectivity index (χ3n) is 5.37. The molecule has 0 amide bonds. The predicted molar refractivity (Wildman–Crippen MR) is 110 cm³/mol. The highest BCUT2D eigenvalue weighted by atomic mass is 35.5. The van der Waals surface area contributed by atoms with Crippen LogP contribution in [0.2, 0.25) is 0 Å². The summed E-state index contributed by atoms with van der Waals surface area (Å²) in [5, 5.41) is 4.68. The second kappa shape index (κ2) is 8.65. The summed E-state index contributed by atoms with van der Waals surface area (Å²) in [6.07, 6.45) is 5.73. The maximum Gasteiger partial charge on any atom is 0.0676 e. The van der Waals surface area contributed by atoms with Crippen LogP contribution in [0, 0.1) is 12.8 Å². The van der Waals surface area contributed by atoms with Gasteiger partial charge in [0.1, 0.15) is 0 Å². The molecule has 1 aliphatic rings. The van der Waals surface area contributed by atoms with Crippen LogP contribution in [-0.2, 0) is 6.54 Å².